The number of rotatable bonds is 6. The highest BCUT2D eigenvalue weighted by Crippen LogP contribution is 2.35. The Hall–Kier alpha value is -1.08. The molecule has 1 aliphatic rings. The van der Waals surface area contributed by atoms with E-state index >= 15 is 0 Å². The number of aromatic hydroxyl groups is 1. The van der Waals surface area contributed by atoms with Crippen LogP contribution in [0.5, 0.6) is 5.75 Å². The molecule has 1 aromatic rings. The van der Waals surface area contributed by atoms with Gasteiger partial charge in [0.15, 0.2) is 0 Å². The highest BCUT2D eigenvalue weighted by Gasteiger charge is 2.26. The lowest BCUT2D eigenvalue weighted by atomic mass is 9.94. The molecule has 1 atom stereocenters. The Morgan fingerprint density at radius 2 is 1.88 bits per heavy atom. The van der Waals surface area contributed by atoms with E-state index in [4.69, 9.17) is 0 Å². The molecule has 1 fully saturated rings. The third kappa shape index (κ3) is 6.09. The van der Waals surface area contributed by atoms with Crippen LogP contribution in [0.4, 0.5) is 5.69 Å². The van der Waals surface area contributed by atoms with Crippen molar-refractivity contribution in [2.45, 2.75) is 32.7 Å². The maximum absolute atomic E-state index is 11.0. The molecular weight excluding hydrogens is 353 g/mol. The Morgan fingerprint density at radius 1 is 1.25 bits per heavy atom. The molecule has 0 aliphatic carbocycles. The molecule has 138 valence electrons. The number of nitrogens with zero attached hydrogens (tertiary/aromatic N) is 2. The zero-order valence-corrected chi connectivity index (χ0v) is 15.7. The lowest BCUT2D eigenvalue weighted by Crippen LogP contribution is -2.45. The molecule has 2 rings (SSSR count). The van der Waals surface area contributed by atoms with E-state index in [1.54, 1.807) is 0 Å². The Morgan fingerprint density at radius 3 is 2.42 bits per heavy atom. The Labute approximate surface area is 155 Å². The fraction of sp³-hybridized carbons (Fsp3) is 0.625. The van der Waals surface area contributed by atoms with Gasteiger partial charge in [0.2, 0.25) is 0 Å². The van der Waals surface area contributed by atoms with Crippen LogP contribution in [-0.2, 0) is 0 Å². The number of nitro benzene ring substituents is 1. The first kappa shape index (κ1) is 22.9. The molecule has 0 saturated carbocycles. The zero-order chi connectivity index (χ0) is 16.1. The van der Waals surface area contributed by atoms with Crippen molar-refractivity contribution in [3.8, 4) is 5.75 Å². The predicted molar refractivity (Wildman–Crippen MR) is 101 cm³/mol. The first-order valence-corrected chi connectivity index (χ1v) is 7.91. The van der Waals surface area contributed by atoms with E-state index in [1.165, 1.54) is 18.2 Å². The van der Waals surface area contributed by atoms with Gasteiger partial charge in [0, 0.05) is 49.9 Å². The highest BCUT2D eigenvalue weighted by molar-refractivity contribution is 5.85. The fourth-order valence-corrected chi connectivity index (χ4v) is 2.94. The second-order valence-corrected chi connectivity index (χ2v) is 6.27. The summed E-state index contributed by atoms with van der Waals surface area (Å²) in [5, 5.41) is 24.6. The summed E-state index contributed by atoms with van der Waals surface area (Å²) in [5.41, 5.74) is 0.717. The second kappa shape index (κ2) is 10.7. The summed E-state index contributed by atoms with van der Waals surface area (Å²) >= 11 is 0. The van der Waals surface area contributed by atoms with Crippen LogP contribution in [0, 0.1) is 16.0 Å². The number of nitrogens with one attached hydrogen (secondary N) is 1. The van der Waals surface area contributed by atoms with Crippen LogP contribution >= 0.6 is 24.8 Å². The van der Waals surface area contributed by atoms with Crippen molar-refractivity contribution in [1.29, 1.82) is 0 Å². The van der Waals surface area contributed by atoms with E-state index in [-0.39, 0.29) is 42.3 Å². The highest BCUT2D eigenvalue weighted by atomic mass is 35.5. The molecule has 1 aromatic carbocycles. The molecule has 24 heavy (non-hydrogen) atoms. The zero-order valence-electron chi connectivity index (χ0n) is 14.1. The summed E-state index contributed by atoms with van der Waals surface area (Å²) in [6.45, 7) is 7.95. The molecule has 2 N–H and O–H groups in total. The van der Waals surface area contributed by atoms with Crippen molar-refractivity contribution in [2.75, 3.05) is 26.2 Å². The average Bonchev–Trinajstić information content (AvgIpc) is 2.49. The molecule has 1 saturated heterocycles. The van der Waals surface area contributed by atoms with Gasteiger partial charge in [-0.1, -0.05) is 13.8 Å². The Balaban J connectivity index is 0.00000264. The van der Waals surface area contributed by atoms with Crippen molar-refractivity contribution in [1.82, 2.24) is 10.2 Å². The Kier molecular flexibility index (Phi) is 10.2. The SMILES string of the molecule is CC(C)CC[C@@H](c1cc([N+](=O)[O-])ccc1O)N1CCNCC1.Cl.Cl. The number of non-ortho nitro benzene ring substituents is 1. The van der Waals surface area contributed by atoms with Crippen molar-refractivity contribution in [2.24, 2.45) is 5.92 Å². The third-order valence-electron chi connectivity index (χ3n) is 4.19. The molecule has 0 aromatic heterocycles. The lowest BCUT2D eigenvalue weighted by Gasteiger charge is -2.35. The molecule has 0 bridgehead atoms. The summed E-state index contributed by atoms with van der Waals surface area (Å²) in [7, 11) is 0. The fourth-order valence-electron chi connectivity index (χ4n) is 2.94. The first-order valence-electron chi connectivity index (χ1n) is 7.91. The molecule has 1 heterocycles. The number of hydrogen-bond acceptors (Lipinski definition) is 5. The van der Waals surface area contributed by atoms with Crippen LogP contribution in [0.15, 0.2) is 18.2 Å². The monoisotopic (exact) mass is 379 g/mol. The summed E-state index contributed by atoms with van der Waals surface area (Å²) in [5.74, 6) is 0.712. The molecule has 0 amide bonds. The number of benzene rings is 1. The van der Waals surface area contributed by atoms with Crippen LogP contribution in [0.25, 0.3) is 0 Å². The minimum Gasteiger partial charge on any atom is -0.508 e. The number of nitro groups is 1. The molecule has 0 radical (unpaired) electrons. The smallest absolute Gasteiger partial charge is 0.270 e. The largest absolute Gasteiger partial charge is 0.508 e. The van der Waals surface area contributed by atoms with Gasteiger partial charge in [-0.2, -0.15) is 0 Å². The van der Waals surface area contributed by atoms with E-state index in [0.29, 0.717) is 11.5 Å². The molecular formula is C16H27Cl2N3O3. The molecule has 1 aliphatic heterocycles. The molecule has 0 spiro atoms. The van der Waals surface area contributed by atoms with Crippen molar-refractivity contribution in [3.63, 3.8) is 0 Å². The van der Waals surface area contributed by atoms with E-state index in [9.17, 15) is 15.2 Å². The lowest BCUT2D eigenvalue weighted by molar-refractivity contribution is -0.385. The van der Waals surface area contributed by atoms with Crippen molar-refractivity contribution < 1.29 is 10.0 Å². The summed E-state index contributed by atoms with van der Waals surface area (Å²) in [4.78, 5) is 12.9. The summed E-state index contributed by atoms with van der Waals surface area (Å²) < 4.78 is 0. The van der Waals surface area contributed by atoms with Gasteiger partial charge in [0.25, 0.3) is 5.69 Å². The average molecular weight is 380 g/mol. The molecule has 8 heteroatoms. The number of piperazine rings is 1. The van der Waals surface area contributed by atoms with Gasteiger partial charge in [0.05, 0.1) is 4.92 Å². The van der Waals surface area contributed by atoms with Gasteiger partial charge < -0.3 is 10.4 Å². The predicted octanol–water partition coefficient (Wildman–Crippen LogP) is 3.53. The topological polar surface area (TPSA) is 78.6 Å². The maximum atomic E-state index is 11.0. The van der Waals surface area contributed by atoms with Gasteiger partial charge in [-0.25, -0.2) is 0 Å². The molecule has 6 nitrogen and oxygen atoms in total. The van der Waals surface area contributed by atoms with Gasteiger partial charge >= 0.3 is 0 Å². The Bertz CT molecular complexity index is 523. The van der Waals surface area contributed by atoms with Gasteiger partial charge in [-0.15, -0.1) is 24.8 Å². The van der Waals surface area contributed by atoms with Crippen LogP contribution < -0.4 is 5.32 Å². The van der Waals surface area contributed by atoms with Crippen LogP contribution in [0.2, 0.25) is 0 Å². The minimum absolute atomic E-state index is 0. The normalized spacial score (nSPS) is 16.1. The van der Waals surface area contributed by atoms with E-state index in [1.807, 2.05) is 0 Å². The number of phenols is 1. The van der Waals surface area contributed by atoms with Crippen LogP contribution in [-0.4, -0.2) is 41.1 Å². The van der Waals surface area contributed by atoms with Crippen LogP contribution in [0.3, 0.4) is 0 Å². The van der Waals surface area contributed by atoms with Gasteiger partial charge in [-0.3, -0.25) is 15.0 Å². The van der Waals surface area contributed by atoms with Gasteiger partial charge in [-0.05, 0) is 24.8 Å². The quantitative estimate of drug-likeness (QED) is 0.583. The summed E-state index contributed by atoms with van der Waals surface area (Å²) in [6.07, 6.45) is 1.92. The van der Waals surface area contributed by atoms with E-state index in [2.05, 4.69) is 24.1 Å². The van der Waals surface area contributed by atoms with E-state index in [0.717, 1.165) is 39.0 Å². The summed E-state index contributed by atoms with van der Waals surface area (Å²) in [6, 6.07) is 4.36. The maximum Gasteiger partial charge on any atom is 0.270 e. The molecule has 0 unspecified atom stereocenters. The number of phenolic OH excluding ortho intramolecular Hbond substituents is 1. The number of halogens is 2. The van der Waals surface area contributed by atoms with E-state index < -0.39 is 4.92 Å². The minimum atomic E-state index is -0.403. The second-order valence-electron chi connectivity index (χ2n) is 6.27. The van der Waals surface area contributed by atoms with Crippen molar-refractivity contribution in [3.05, 3.63) is 33.9 Å². The van der Waals surface area contributed by atoms with Gasteiger partial charge in [0.1, 0.15) is 5.75 Å². The standard InChI is InChI=1S/C16H25N3O3.2ClH/c1-12(2)3-5-15(18-9-7-17-8-10-18)14-11-13(19(21)22)4-6-16(14)20;;/h4,6,11-12,15,17,20H,3,5,7-10H2,1-2H3;2*1H/t15-;;/m0../s1. The number of hydrogen-bond donors (Lipinski definition) is 2. The first-order chi connectivity index (χ1) is 10.5. The third-order valence-corrected chi connectivity index (χ3v) is 4.19. The van der Waals surface area contributed by atoms with Crippen LogP contribution in [0.1, 0.15) is 38.3 Å². The van der Waals surface area contributed by atoms with Crippen molar-refractivity contribution >= 4 is 30.5 Å².